The van der Waals surface area contributed by atoms with Gasteiger partial charge in [0.25, 0.3) is 0 Å². The molecule has 0 unspecified atom stereocenters. The second-order valence-corrected chi connectivity index (χ2v) is 4.40. The minimum absolute atomic E-state index is 0.0942. The monoisotopic (exact) mass is 244 g/mol. The highest BCUT2D eigenvalue weighted by Crippen LogP contribution is 2.18. The van der Waals surface area contributed by atoms with Crippen LogP contribution in [0.4, 0.5) is 5.69 Å². The number of anilines is 1. The van der Waals surface area contributed by atoms with Crippen LogP contribution < -0.4 is 5.73 Å². The Morgan fingerprint density at radius 2 is 1.94 bits per heavy atom. The Labute approximate surface area is 104 Å². The van der Waals surface area contributed by atoms with Crippen LogP contribution in [-0.4, -0.2) is 17.0 Å². The summed E-state index contributed by atoms with van der Waals surface area (Å²) in [6, 6.07) is 9.08. The number of nitrogen functional groups attached to an aromatic ring is 1. The lowest BCUT2D eigenvalue weighted by Crippen LogP contribution is -2.05. The van der Waals surface area contributed by atoms with E-state index >= 15 is 0 Å². The lowest BCUT2D eigenvalue weighted by atomic mass is 10.0. The summed E-state index contributed by atoms with van der Waals surface area (Å²) in [7, 11) is 0. The molecule has 0 aliphatic heterocycles. The highest BCUT2D eigenvalue weighted by Gasteiger charge is 2.11. The summed E-state index contributed by atoms with van der Waals surface area (Å²) in [5, 5.41) is 0. The van der Waals surface area contributed by atoms with E-state index in [0.717, 1.165) is 4.90 Å². The van der Waals surface area contributed by atoms with E-state index in [1.165, 1.54) is 6.20 Å². The van der Waals surface area contributed by atoms with Crippen LogP contribution in [0.25, 0.3) is 0 Å². The number of thioether (sulfide) groups is 1. The molecule has 0 saturated heterocycles. The summed E-state index contributed by atoms with van der Waals surface area (Å²) in [4.78, 5) is 17.2. The Bertz CT molecular complexity index is 537. The third-order valence-electron chi connectivity index (χ3n) is 2.45. The first-order valence-electron chi connectivity index (χ1n) is 5.10. The van der Waals surface area contributed by atoms with Crippen LogP contribution in [0.2, 0.25) is 0 Å². The van der Waals surface area contributed by atoms with E-state index < -0.39 is 0 Å². The number of benzene rings is 1. The number of nitrogens with zero attached hydrogens (tertiary/aromatic N) is 1. The standard InChI is InChI=1S/C13H12N2OS/c1-17-10-4-2-9(3-5-10)13(16)11-8-15-7-6-12(11)14/h2-8H,1H3,(H2,14,15). The van der Waals surface area contributed by atoms with E-state index in [4.69, 9.17) is 5.73 Å². The average molecular weight is 244 g/mol. The van der Waals surface area contributed by atoms with E-state index in [1.54, 1.807) is 36.2 Å². The van der Waals surface area contributed by atoms with E-state index in [9.17, 15) is 4.79 Å². The van der Waals surface area contributed by atoms with Crippen LogP contribution in [0.1, 0.15) is 15.9 Å². The predicted octanol–water partition coefficient (Wildman–Crippen LogP) is 2.62. The van der Waals surface area contributed by atoms with Crippen LogP contribution >= 0.6 is 11.8 Å². The van der Waals surface area contributed by atoms with Crippen molar-refractivity contribution in [1.82, 2.24) is 4.98 Å². The Morgan fingerprint density at radius 1 is 1.24 bits per heavy atom. The molecule has 0 amide bonds. The number of nitrogens with two attached hydrogens (primary N) is 1. The maximum atomic E-state index is 12.1. The van der Waals surface area contributed by atoms with Crippen molar-refractivity contribution in [2.75, 3.05) is 12.0 Å². The summed E-state index contributed by atoms with van der Waals surface area (Å²) in [6.07, 6.45) is 5.07. The van der Waals surface area contributed by atoms with Gasteiger partial charge in [0.05, 0.1) is 5.56 Å². The van der Waals surface area contributed by atoms with Crippen LogP contribution in [-0.2, 0) is 0 Å². The van der Waals surface area contributed by atoms with Crippen LogP contribution in [0.5, 0.6) is 0 Å². The van der Waals surface area contributed by atoms with Crippen molar-refractivity contribution in [3.63, 3.8) is 0 Å². The summed E-state index contributed by atoms with van der Waals surface area (Å²) in [6.45, 7) is 0. The van der Waals surface area contributed by atoms with E-state index in [0.29, 0.717) is 16.8 Å². The van der Waals surface area contributed by atoms with Crippen molar-refractivity contribution in [3.8, 4) is 0 Å². The zero-order valence-electron chi connectivity index (χ0n) is 9.38. The lowest BCUT2D eigenvalue weighted by Gasteiger charge is -2.04. The topological polar surface area (TPSA) is 56.0 Å². The van der Waals surface area contributed by atoms with Crippen molar-refractivity contribution in [2.24, 2.45) is 0 Å². The summed E-state index contributed by atoms with van der Waals surface area (Å²) < 4.78 is 0. The van der Waals surface area contributed by atoms with Gasteiger partial charge in [-0.05, 0) is 36.6 Å². The molecule has 2 N–H and O–H groups in total. The Kier molecular flexibility index (Phi) is 3.44. The molecule has 0 radical (unpaired) electrons. The number of rotatable bonds is 3. The van der Waals surface area contributed by atoms with Gasteiger partial charge in [-0.2, -0.15) is 0 Å². The highest BCUT2D eigenvalue weighted by molar-refractivity contribution is 7.98. The average Bonchev–Trinajstić information content (AvgIpc) is 2.39. The Balaban J connectivity index is 2.34. The highest BCUT2D eigenvalue weighted by atomic mass is 32.2. The number of ketones is 1. The molecule has 2 rings (SSSR count). The van der Waals surface area contributed by atoms with Crippen molar-refractivity contribution in [1.29, 1.82) is 0 Å². The number of aromatic nitrogens is 1. The van der Waals surface area contributed by atoms with Gasteiger partial charge in [-0.15, -0.1) is 11.8 Å². The molecule has 4 heteroatoms. The van der Waals surface area contributed by atoms with Crippen molar-refractivity contribution < 1.29 is 4.79 Å². The molecule has 0 spiro atoms. The third kappa shape index (κ3) is 2.47. The van der Waals surface area contributed by atoms with Crippen LogP contribution in [0, 0.1) is 0 Å². The van der Waals surface area contributed by atoms with Gasteiger partial charge in [0.1, 0.15) is 0 Å². The quantitative estimate of drug-likeness (QED) is 0.666. The number of hydrogen-bond donors (Lipinski definition) is 1. The van der Waals surface area contributed by atoms with Gasteiger partial charge in [-0.1, -0.05) is 0 Å². The first-order chi connectivity index (χ1) is 8.22. The maximum absolute atomic E-state index is 12.1. The molecule has 0 aliphatic rings. The zero-order valence-corrected chi connectivity index (χ0v) is 10.2. The van der Waals surface area contributed by atoms with Crippen LogP contribution in [0.3, 0.4) is 0 Å². The largest absolute Gasteiger partial charge is 0.398 e. The fourth-order valence-corrected chi connectivity index (χ4v) is 1.90. The SMILES string of the molecule is CSc1ccc(C(=O)c2cnccc2N)cc1. The van der Waals surface area contributed by atoms with E-state index in [-0.39, 0.29) is 5.78 Å². The molecular weight excluding hydrogens is 232 g/mol. The molecule has 86 valence electrons. The normalized spacial score (nSPS) is 10.2. The van der Waals surface area contributed by atoms with Gasteiger partial charge in [0, 0.05) is 28.5 Å². The number of hydrogen-bond acceptors (Lipinski definition) is 4. The maximum Gasteiger partial charge on any atom is 0.196 e. The molecule has 2 aromatic rings. The molecular formula is C13H12N2OS. The van der Waals surface area contributed by atoms with E-state index in [1.807, 2.05) is 18.4 Å². The summed E-state index contributed by atoms with van der Waals surface area (Å²) in [5.74, 6) is -0.0942. The molecule has 1 aromatic heterocycles. The fourth-order valence-electron chi connectivity index (χ4n) is 1.49. The van der Waals surface area contributed by atoms with Crippen molar-refractivity contribution >= 4 is 23.2 Å². The lowest BCUT2D eigenvalue weighted by molar-refractivity contribution is 0.103. The Morgan fingerprint density at radius 3 is 2.53 bits per heavy atom. The minimum atomic E-state index is -0.0942. The summed E-state index contributed by atoms with van der Waals surface area (Å²) in [5.41, 5.74) is 7.28. The minimum Gasteiger partial charge on any atom is -0.398 e. The molecule has 0 fully saturated rings. The number of carbonyl (C=O) groups excluding carboxylic acids is 1. The first kappa shape index (κ1) is 11.7. The zero-order chi connectivity index (χ0) is 12.3. The predicted molar refractivity (Wildman–Crippen MR) is 70.3 cm³/mol. The first-order valence-corrected chi connectivity index (χ1v) is 6.33. The smallest absolute Gasteiger partial charge is 0.196 e. The van der Waals surface area contributed by atoms with Gasteiger partial charge in [0.2, 0.25) is 0 Å². The van der Waals surface area contributed by atoms with Gasteiger partial charge in [0.15, 0.2) is 5.78 Å². The van der Waals surface area contributed by atoms with Crippen LogP contribution in [0.15, 0.2) is 47.6 Å². The number of pyridine rings is 1. The van der Waals surface area contributed by atoms with Gasteiger partial charge >= 0.3 is 0 Å². The third-order valence-corrected chi connectivity index (χ3v) is 3.20. The molecule has 3 nitrogen and oxygen atoms in total. The molecule has 0 saturated carbocycles. The molecule has 1 heterocycles. The number of carbonyl (C=O) groups is 1. The molecule has 0 atom stereocenters. The van der Waals surface area contributed by atoms with Gasteiger partial charge in [-0.25, -0.2) is 0 Å². The fraction of sp³-hybridized carbons (Fsp3) is 0.0769. The molecule has 0 aliphatic carbocycles. The summed E-state index contributed by atoms with van der Waals surface area (Å²) >= 11 is 1.64. The van der Waals surface area contributed by atoms with Gasteiger partial charge in [-0.3, -0.25) is 9.78 Å². The van der Waals surface area contributed by atoms with Crippen molar-refractivity contribution in [2.45, 2.75) is 4.90 Å². The second kappa shape index (κ2) is 5.01. The van der Waals surface area contributed by atoms with Gasteiger partial charge < -0.3 is 5.73 Å². The second-order valence-electron chi connectivity index (χ2n) is 3.52. The molecule has 17 heavy (non-hydrogen) atoms. The molecule has 0 bridgehead atoms. The Hall–Kier alpha value is -1.81. The van der Waals surface area contributed by atoms with E-state index in [2.05, 4.69) is 4.98 Å². The molecule has 1 aromatic carbocycles. The van der Waals surface area contributed by atoms with Crippen molar-refractivity contribution in [3.05, 3.63) is 53.9 Å².